The molecule has 7 heteroatoms. The fourth-order valence-corrected chi connectivity index (χ4v) is 2.22. The molecule has 0 heterocycles. The van der Waals surface area contributed by atoms with Gasteiger partial charge in [-0.1, -0.05) is 17.7 Å². The smallest absolute Gasteiger partial charge is 0.273 e. The Morgan fingerprint density at radius 2 is 1.92 bits per heavy atom. The number of carbonyl (C=O) groups is 1. The van der Waals surface area contributed by atoms with Crippen molar-refractivity contribution in [3.8, 4) is 5.75 Å². The summed E-state index contributed by atoms with van der Waals surface area (Å²) in [5, 5.41) is 12.6. The van der Waals surface area contributed by atoms with Crippen LogP contribution in [0.4, 0.5) is 11.4 Å². The molecule has 126 valence electrons. The van der Waals surface area contributed by atoms with Gasteiger partial charge in [0.2, 0.25) is 0 Å². The summed E-state index contributed by atoms with van der Waals surface area (Å²) in [5.74, 6) is -0.198. The second-order valence-corrected chi connectivity index (χ2v) is 5.16. The van der Waals surface area contributed by atoms with E-state index < -0.39 is 10.8 Å². The van der Waals surface area contributed by atoms with Crippen molar-refractivity contribution in [2.45, 2.75) is 13.8 Å². The first-order valence-corrected chi connectivity index (χ1v) is 7.44. The third kappa shape index (κ3) is 3.81. The van der Waals surface area contributed by atoms with Crippen LogP contribution < -0.4 is 15.2 Å². The second-order valence-electron chi connectivity index (χ2n) is 5.16. The number of nitro benzene ring substituents is 1. The normalized spacial score (nSPS) is 10.1. The molecule has 0 aliphatic rings. The molecule has 0 bridgehead atoms. The van der Waals surface area contributed by atoms with Crippen LogP contribution in [-0.4, -0.2) is 24.5 Å². The summed E-state index contributed by atoms with van der Waals surface area (Å²) < 4.78 is 5.14. The molecule has 0 unspecified atom stereocenters. The molecule has 0 saturated carbocycles. The number of amides is 1. The first-order valence-electron chi connectivity index (χ1n) is 7.44. The summed E-state index contributed by atoms with van der Waals surface area (Å²) in [7, 11) is 1.41. The zero-order valence-corrected chi connectivity index (χ0v) is 13.8. The monoisotopic (exact) mass is 329 g/mol. The molecule has 0 atom stereocenters. The maximum Gasteiger partial charge on any atom is 0.273 e. The molecular weight excluding hydrogens is 310 g/mol. The standard InChI is InChI=1S/C17H19N3O4/c1-4-19(13-7-5-12(2)6-8-13)18-17(21)15-11-14(20(22)23)9-10-16(15)24-3/h5-11H,4H2,1-3H3,(H,18,21). The van der Waals surface area contributed by atoms with Crippen LogP contribution in [0.5, 0.6) is 5.75 Å². The van der Waals surface area contributed by atoms with Gasteiger partial charge in [0.1, 0.15) is 5.75 Å². The minimum atomic E-state index is -0.548. The van der Waals surface area contributed by atoms with E-state index in [4.69, 9.17) is 4.74 Å². The summed E-state index contributed by atoms with van der Waals surface area (Å²) >= 11 is 0. The Hall–Kier alpha value is -3.09. The van der Waals surface area contributed by atoms with Gasteiger partial charge in [-0.25, -0.2) is 0 Å². The van der Waals surface area contributed by atoms with E-state index in [1.165, 1.54) is 25.3 Å². The van der Waals surface area contributed by atoms with Crippen molar-refractivity contribution in [2.24, 2.45) is 0 Å². The minimum Gasteiger partial charge on any atom is -0.496 e. The fraction of sp³-hybridized carbons (Fsp3) is 0.235. The average molecular weight is 329 g/mol. The number of ether oxygens (including phenoxy) is 1. The number of methoxy groups -OCH3 is 1. The van der Waals surface area contributed by atoms with E-state index in [9.17, 15) is 14.9 Å². The van der Waals surface area contributed by atoms with Crippen molar-refractivity contribution in [3.05, 3.63) is 63.7 Å². The number of hydrogen-bond acceptors (Lipinski definition) is 5. The molecule has 1 amide bonds. The van der Waals surface area contributed by atoms with Gasteiger partial charge in [0, 0.05) is 18.7 Å². The maximum atomic E-state index is 12.6. The lowest BCUT2D eigenvalue weighted by molar-refractivity contribution is -0.384. The number of aryl methyl sites for hydroxylation is 1. The number of anilines is 1. The average Bonchev–Trinajstić information content (AvgIpc) is 2.59. The van der Waals surface area contributed by atoms with Crippen molar-refractivity contribution in [2.75, 3.05) is 18.7 Å². The van der Waals surface area contributed by atoms with Crippen LogP contribution >= 0.6 is 0 Å². The van der Waals surface area contributed by atoms with Crippen LogP contribution in [0.1, 0.15) is 22.8 Å². The molecule has 0 aliphatic heterocycles. The predicted octanol–water partition coefficient (Wildman–Crippen LogP) is 3.08. The van der Waals surface area contributed by atoms with E-state index in [-0.39, 0.29) is 17.0 Å². The molecule has 1 N–H and O–H groups in total. The molecule has 2 aromatic carbocycles. The van der Waals surface area contributed by atoms with Gasteiger partial charge in [-0.2, -0.15) is 0 Å². The Morgan fingerprint density at radius 1 is 1.25 bits per heavy atom. The number of nitrogens with one attached hydrogen (secondary N) is 1. The molecule has 0 spiro atoms. The van der Waals surface area contributed by atoms with Crippen LogP contribution in [0.3, 0.4) is 0 Å². The predicted molar refractivity (Wildman–Crippen MR) is 91.3 cm³/mol. The maximum absolute atomic E-state index is 12.6. The molecule has 24 heavy (non-hydrogen) atoms. The van der Waals surface area contributed by atoms with E-state index in [0.29, 0.717) is 6.54 Å². The number of carbonyl (C=O) groups excluding carboxylic acids is 1. The zero-order chi connectivity index (χ0) is 17.7. The highest BCUT2D eigenvalue weighted by molar-refractivity contribution is 5.98. The second kappa shape index (κ2) is 7.45. The van der Waals surface area contributed by atoms with Gasteiger partial charge >= 0.3 is 0 Å². The van der Waals surface area contributed by atoms with E-state index in [1.807, 2.05) is 38.1 Å². The van der Waals surface area contributed by atoms with Gasteiger partial charge in [-0.15, -0.1) is 0 Å². The molecule has 0 fully saturated rings. The SMILES string of the molecule is CCN(NC(=O)c1cc([N+](=O)[O-])ccc1OC)c1ccc(C)cc1. The Kier molecular flexibility index (Phi) is 5.36. The number of hydrazine groups is 1. The lowest BCUT2D eigenvalue weighted by Crippen LogP contribution is -2.42. The van der Waals surface area contributed by atoms with Gasteiger partial charge in [-0.05, 0) is 32.0 Å². The van der Waals surface area contributed by atoms with E-state index in [2.05, 4.69) is 5.43 Å². The van der Waals surface area contributed by atoms with Crippen molar-refractivity contribution >= 4 is 17.3 Å². The summed E-state index contributed by atoms with van der Waals surface area (Å²) in [5.41, 5.74) is 4.63. The largest absolute Gasteiger partial charge is 0.496 e. The number of non-ortho nitro benzene ring substituents is 1. The number of nitro groups is 1. The third-order valence-corrected chi connectivity index (χ3v) is 3.54. The minimum absolute atomic E-state index is 0.109. The fourth-order valence-electron chi connectivity index (χ4n) is 2.22. The Labute approximate surface area is 140 Å². The number of rotatable bonds is 6. The number of benzene rings is 2. The van der Waals surface area contributed by atoms with Crippen LogP contribution in [0.15, 0.2) is 42.5 Å². The molecule has 0 aromatic heterocycles. The summed E-state index contributed by atoms with van der Waals surface area (Å²) in [6.07, 6.45) is 0. The Balaban J connectivity index is 2.28. The van der Waals surface area contributed by atoms with Gasteiger partial charge in [0.25, 0.3) is 11.6 Å². The highest BCUT2D eigenvalue weighted by atomic mass is 16.6. The summed E-state index contributed by atoms with van der Waals surface area (Å²) in [6, 6.07) is 11.6. The molecule has 0 aliphatic carbocycles. The Bertz CT molecular complexity index is 744. The highest BCUT2D eigenvalue weighted by Crippen LogP contribution is 2.24. The van der Waals surface area contributed by atoms with Crippen LogP contribution in [0.2, 0.25) is 0 Å². The van der Waals surface area contributed by atoms with Crippen molar-refractivity contribution in [3.63, 3.8) is 0 Å². The molecule has 0 saturated heterocycles. The topological polar surface area (TPSA) is 84.7 Å². The molecule has 2 aromatic rings. The van der Waals surface area contributed by atoms with Gasteiger partial charge in [0.15, 0.2) is 0 Å². The van der Waals surface area contributed by atoms with E-state index in [0.717, 1.165) is 11.3 Å². The summed E-state index contributed by atoms with van der Waals surface area (Å²) in [4.78, 5) is 22.9. The molecule has 0 radical (unpaired) electrons. The first-order chi connectivity index (χ1) is 11.5. The summed E-state index contributed by atoms with van der Waals surface area (Å²) in [6.45, 7) is 4.41. The van der Waals surface area contributed by atoms with Crippen molar-refractivity contribution in [1.29, 1.82) is 0 Å². The molecule has 2 rings (SSSR count). The number of hydrogen-bond donors (Lipinski definition) is 1. The van der Waals surface area contributed by atoms with Gasteiger partial charge in [0.05, 0.1) is 23.3 Å². The van der Waals surface area contributed by atoms with Crippen molar-refractivity contribution in [1.82, 2.24) is 5.43 Å². The zero-order valence-electron chi connectivity index (χ0n) is 13.8. The van der Waals surface area contributed by atoms with Crippen LogP contribution in [0, 0.1) is 17.0 Å². The number of nitrogens with zero attached hydrogens (tertiary/aromatic N) is 2. The molecular formula is C17H19N3O4. The van der Waals surface area contributed by atoms with Crippen LogP contribution in [-0.2, 0) is 0 Å². The van der Waals surface area contributed by atoms with E-state index >= 15 is 0 Å². The highest BCUT2D eigenvalue weighted by Gasteiger charge is 2.19. The molecule has 7 nitrogen and oxygen atoms in total. The van der Waals surface area contributed by atoms with Gasteiger partial charge < -0.3 is 4.74 Å². The van der Waals surface area contributed by atoms with Crippen LogP contribution in [0.25, 0.3) is 0 Å². The first kappa shape index (κ1) is 17.3. The Morgan fingerprint density at radius 3 is 2.46 bits per heavy atom. The quantitative estimate of drug-likeness (QED) is 0.650. The lowest BCUT2D eigenvalue weighted by atomic mass is 10.1. The van der Waals surface area contributed by atoms with E-state index in [1.54, 1.807) is 5.01 Å². The third-order valence-electron chi connectivity index (χ3n) is 3.54. The van der Waals surface area contributed by atoms with Gasteiger partial charge in [-0.3, -0.25) is 25.3 Å². The van der Waals surface area contributed by atoms with Crippen molar-refractivity contribution < 1.29 is 14.5 Å². The lowest BCUT2D eigenvalue weighted by Gasteiger charge is -2.24.